The van der Waals surface area contributed by atoms with Crippen molar-refractivity contribution in [2.24, 2.45) is 0 Å². The molecular weight excluding hydrogens is 307 g/mol. The molecule has 0 unspecified atom stereocenters. The highest BCUT2D eigenvalue weighted by molar-refractivity contribution is 7.86. The molecule has 0 aromatic heterocycles. The van der Waals surface area contributed by atoms with Gasteiger partial charge in [-0.25, -0.2) is 4.39 Å². The Balaban J connectivity index is 2.16. The first-order chi connectivity index (χ1) is 9.43. The summed E-state index contributed by atoms with van der Waals surface area (Å²) in [4.78, 5) is 0. The lowest BCUT2D eigenvalue weighted by Gasteiger charge is -2.30. The Bertz CT molecular complexity index is 556. The minimum atomic E-state index is -3.63. The van der Waals surface area contributed by atoms with Crippen LogP contribution in [0.2, 0.25) is 5.02 Å². The van der Waals surface area contributed by atoms with Crippen molar-refractivity contribution in [1.82, 2.24) is 8.61 Å². The van der Waals surface area contributed by atoms with Gasteiger partial charge in [0.25, 0.3) is 10.2 Å². The van der Waals surface area contributed by atoms with Gasteiger partial charge in [-0.3, -0.25) is 0 Å². The van der Waals surface area contributed by atoms with E-state index in [2.05, 4.69) is 0 Å². The first-order valence-electron chi connectivity index (χ1n) is 6.15. The second-order valence-corrected chi connectivity index (χ2v) is 6.92. The van der Waals surface area contributed by atoms with Crippen LogP contribution < -0.4 is 0 Å². The van der Waals surface area contributed by atoms with Gasteiger partial charge >= 0.3 is 0 Å². The van der Waals surface area contributed by atoms with E-state index in [0.29, 0.717) is 26.3 Å². The van der Waals surface area contributed by atoms with E-state index in [1.54, 1.807) is 0 Å². The third kappa shape index (κ3) is 3.29. The molecule has 0 atom stereocenters. The molecule has 1 aliphatic rings. The molecule has 1 aromatic carbocycles. The topological polar surface area (TPSA) is 49.9 Å². The number of ether oxygens (including phenoxy) is 1. The zero-order valence-electron chi connectivity index (χ0n) is 11.1. The Morgan fingerprint density at radius 3 is 2.65 bits per heavy atom. The van der Waals surface area contributed by atoms with Crippen LogP contribution in [0.3, 0.4) is 0 Å². The van der Waals surface area contributed by atoms with E-state index in [-0.39, 0.29) is 17.1 Å². The van der Waals surface area contributed by atoms with Crippen LogP contribution in [-0.4, -0.2) is 50.4 Å². The van der Waals surface area contributed by atoms with Gasteiger partial charge in [0.15, 0.2) is 0 Å². The maximum atomic E-state index is 13.7. The number of rotatable bonds is 4. The highest BCUT2D eigenvalue weighted by Gasteiger charge is 2.29. The van der Waals surface area contributed by atoms with E-state index in [1.165, 1.54) is 29.6 Å². The second kappa shape index (κ2) is 6.36. The van der Waals surface area contributed by atoms with E-state index >= 15 is 0 Å². The molecule has 0 N–H and O–H groups in total. The summed E-state index contributed by atoms with van der Waals surface area (Å²) in [6, 6.07) is 4.28. The van der Waals surface area contributed by atoms with E-state index in [4.69, 9.17) is 16.3 Å². The molecule has 0 saturated carbocycles. The predicted molar refractivity (Wildman–Crippen MR) is 74.2 cm³/mol. The van der Waals surface area contributed by atoms with Crippen LogP contribution in [0.1, 0.15) is 5.56 Å². The van der Waals surface area contributed by atoms with Crippen molar-refractivity contribution >= 4 is 21.8 Å². The number of hydrogen-bond acceptors (Lipinski definition) is 3. The van der Waals surface area contributed by atoms with Crippen LogP contribution in [0.5, 0.6) is 0 Å². The summed E-state index contributed by atoms with van der Waals surface area (Å²) in [6.07, 6.45) is 0. The number of morpholine rings is 1. The first kappa shape index (κ1) is 15.7. The fourth-order valence-electron chi connectivity index (χ4n) is 1.96. The van der Waals surface area contributed by atoms with Crippen LogP contribution in [0.15, 0.2) is 18.2 Å². The lowest BCUT2D eigenvalue weighted by Crippen LogP contribution is -2.47. The maximum Gasteiger partial charge on any atom is 0.282 e. The van der Waals surface area contributed by atoms with Crippen molar-refractivity contribution in [2.75, 3.05) is 33.4 Å². The minimum Gasteiger partial charge on any atom is -0.379 e. The molecule has 1 aliphatic heterocycles. The van der Waals surface area contributed by atoms with Gasteiger partial charge in [0.05, 0.1) is 13.2 Å². The molecule has 0 bridgehead atoms. The summed E-state index contributed by atoms with van der Waals surface area (Å²) in [5.74, 6) is -0.512. The summed E-state index contributed by atoms with van der Waals surface area (Å²) >= 11 is 5.91. The van der Waals surface area contributed by atoms with Crippen LogP contribution in [0.4, 0.5) is 4.39 Å². The Morgan fingerprint density at radius 2 is 2.05 bits per heavy atom. The summed E-state index contributed by atoms with van der Waals surface area (Å²) in [6.45, 7) is 1.24. The van der Waals surface area contributed by atoms with Crippen LogP contribution >= 0.6 is 11.6 Å². The monoisotopic (exact) mass is 322 g/mol. The molecule has 0 radical (unpaired) electrons. The van der Waals surface area contributed by atoms with Crippen LogP contribution in [0.25, 0.3) is 0 Å². The fraction of sp³-hybridized carbons (Fsp3) is 0.500. The molecule has 1 aromatic rings. The largest absolute Gasteiger partial charge is 0.379 e. The van der Waals surface area contributed by atoms with Crippen LogP contribution in [-0.2, 0) is 21.5 Å². The lowest BCUT2D eigenvalue weighted by molar-refractivity contribution is 0.0705. The highest BCUT2D eigenvalue weighted by atomic mass is 35.5. The van der Waals surface area contributed by atoms with Crippen molar-refractivity contribution in [1.29, 1.82) is 0 Å². The average molecular weight is 323 g/mol. The zero-order valence-corrected chi connectivity index (χ0v) is 12.6. The molecule has 1 heterocycles. The molecule has 20 heavy (non-hydrogen) atoms. The van der Waals surface area contributed by atoms with Crippen molar-refractivity contribution in [2.45, 2.75) is 6.54 Å². The van der Waals surface area contributed by atoms with Crippen molar-refractivity contribution in [3.8, 4) is 0 Å². The first-order valence-corrected chi connectivity index (χ1v) is 7.92. The molecule has 5 nitrogen and oxygen atoms in total. The molecule has 1 fully saturated rings. The number of halogens is 2. The molecule has 0 aliphatic carbocycles. The summed E-state index contributed by atoms with van der Waals surface area (Å²) in [5.41, 5.74) is 0.175. The Kier molecular flexibility index (Phi) is 4.98. The lowest BCUT2D eigenvalue weighted by atomic mass is 10.2. The molecule has 0 amide bonds. The normalized spacial score (nSPS) is 17.6. The Morgan fingerprint density at radius 1 is 1.40 bits per heavy atom. The van der Waals surface area contributed by atoms with Gasteiger partial charge in [-0.1, -0.05) is 17.7 Å². The van der Waals surface area contributed by atoms with Gasteiger partial charge in [0.2, 0.25) is 0 Å². The molecular formula is C12H16ClFN2O3S. The van der Waals surface area contributed by atoms with Gasteiger partial charge in [-0.15, -0.1) is 0 Å². The molecule has 1 saturated heterocycles. The van der Waals surface area contributed by atoms with E-state index in [9.17, 15) is 12.8 Å². The minimum absolute atomic E-state index is 0.106. The number of benzene rings is 1. The third-order valence-corrected chi connectivity index (χ3v) is 5.42. The quantitative estimate of drug-likeness (QED) is 0.844. The van der Waals surface area contributed by atoms with Crippen molar-refractivity contribution in [3.05, 3.63) is 34.6 Å². The zero-order chi connectivity index (χ0) is 14.8. The fourth-order valence-corrected chi connectivity index (χ4v) is 3.48. The third-order valence-electron chi connectivity index (χ3n) is 3.13. The van der Waals surface area contributed by atoms with Gasteiger partial charge in [0, 0.05) is 37.3 Å². The Labute approximate surface area is 123 Å². The number of hydrogen-bond donors (Lipinski definition) is 0. The molecule has 2 rings (SSSR count). The SMILES string of the molecule is CN(Cc1c(F)cccc1Cl)S(=O)(=O)N1CCOCC1. The standard InChI is InChI=1S/C12H16ClFN2O3S/c1-15(9-10-11(13)3-2-4-12(10)14)20(17,18)16-5-7-19-8-6-16/h2-4H,5-9H2,1H3. The second-order valence-electron chi connectivity index (χ2n) is 4.48. The van der Waals surface area contributed by atoms with E-state index in [1.807, 2.05) is 0 Å². The van der Waals surface area contributed by atoms with Crippen molar-refractivity contribution in [3.63, 3.8) is 0 Å². The molecule has 112 valence electrons. The molecule has 0 spiro atoms. The Hall–Kier alpha value is -0.730. The van der Waals surface area contributed by atoms with Gasteiger partial charge in [-0.2, -0.15) is 17.0 Å². The smallest absolute Gasteiger partial charge is 0.282 e. The number of nitrogens with zero attached hydrogens (tertiary/aromatic N) is 2. The predicted octanol–water partition coefficient (Wildman–Crippen LogP) is 1.49. The van der Waals surface area contributed by atoms with E-state index in [0.717, 1.165) is 4.31 Å². The van der Waals surface area contributed by atoms with Gasteiger partial charge in [0.1, 0.15) is 5.82 Å². The van der Waals surface area contributed by atoms with Crippen molar-refractivity contribution < 1.29 is 17.5 Å². The molecule has 8 heteroatoms. The maximum absolute atomic E-state index is 13.7. The highest BCUT2D eigenvalue weighted by Crippen LogP contribution is 2.22. The van der Waals surface area contributed by atoms with Gasteiger partial charge in [-0.05, 0) is 12.1 Å². The summed E-state index contributed by atoms with van der Waals surface area (Å²) in [5, 5.41) is 0.217. The van der Waals surface area contributed by atoms with Crippen LogP contribution in [0, 0.1) is 5.82 Å². The summed E-state index contributed by atoms with van der Waals surface area (Å²) < 4.78 is 45.9. The summed E-state index contributed by atoms with van der Waals surface area (Å²) in [7, 11) is -2.22. The van der Waals surface area contributed by atoms with E-state index < -0.39 is 16.0 Å². The average Bonchev–Trinajstić information content (AvgIpc) is 2.43. The van der Waals surface area contributed by atoms with Gasteiger partial charge < -0.3 is 4.74 Å².